The molecule has 1 saturated carbocycles. The predicted molar refractivity (Wildman–Crippen MR) is 89.3 cm³/mol. The molecule has 0 unspecified atom stereocenters. The van der Waals surface area contributed by atoms with Crippen LogP contribution in [0.5, 0.6) is 0 Å². The molecule has 0 spiro atoms. The molecule has 0 radical (unpaired) electrons. The highest BCUT2D eigenvalue weighted by Crippen LogP contribution is 2.39. The van der Waals surface area contributed by atoms with Crippen molar-refractivity contribution in [2.24, 2.45) is 5.92 Å². The van der Waals surface area contributed by atoms with Crippen molar-refractivity contribution < 1.29 is 14.0 Å². The summed E-state index contributed by atoms with van der Waals surface area (Å²) in [7, 11) is 0. The van der Waals surface area contributed by atoms with Crippen molar-refractivity contribution >= 4 is 11.8 Å². The summed E-state index contributed by atoms with van der Waals surface area (Å²) in [5.41, 5.74) is 0. The zero-order valence-electron chi connectivity index (χ0n) is 14.4. The van der Waals surface area contributed by atoms with Crippen molar-refractivity contribution in [1.82, 2.24) is 9.80 Å². The van der Waals surface area contributed by atoms with Crippen LogP contribution >= 0.6 is 0 Å². The normalized spacial score (nSPS) is 27.3. The highest BCUT2D eigenvalue weighted by Gasteiger charge is 2.45. The minimum absolute atomic E-state index is 0.220. The minimum atomic E-state index is 0.220. The van der Waals surface area contributed by atoms with E-state index in [4.69, 9.17) is 4.42 Å². The number of likely N-dealkylation sites (tertiary alicyclic amines) is 2. The lowest BCUT2D eigenvalue weighted by atomic mass is 9.83. The molecule has 0 bridgehead atoms. The van der Waals surface area contributed by atoms with Gasteiger partial charge in [-0.25, -0.2) is 0 Å². The molecule has 2 saturated heterocycles. The molecule has 24 heavy (non-hydrogen) atoms. The van der Waals surface area contributed by atoms with Crippen LogP contribution in [0.3, 0.4) is 0 Å². The first-order chi connectivity index (χ1) is 11.6. The van der Waals surface area contributed by atoms with Gasteiger partial charge in [-0.2, -0.15) is 0 Å². The van der Waals surface area contributed by atoms with Crippen LogP contribution in [0.1, 0.15) is 50.0 Å². The fourth-order valence-corrected chi connectivity index (χ4v) is 4.35. The first-order valence-corrected chi connectivity index (χ1v) is 9.26. The van der Waals surface area contributed by atoms with Crippen LogP contribution in [0.2, 0.25) is 0 Å². The van der Waals surface area contributed by atoms with Crippen molar-refractivity contribution in [3.05, 3.63) is 23.7 Å². The van der Waals surface area contributed by atoms with Crippen molar-refractivity contribution in [2.45, 2.75) is 64.0 Å². The molecule has 0 N–H and O–H groups in total. The van der Waals surface area contributed by atoms with Gasteiger partial charge in [0.1, 0.15) is 11.5 Å². The molecule has 1 aliphatic carbocycles. The van der Waals surface area contributed by atoms with Gasteiger partial charge in [0.25, 0.3) is 0 Å². The monoisotopic (exact) mass is 330 g/mol. The average molecular weight is 330 g/mol. The topological polar surface area (TPSA) is 53.8 Å². The summed E-state index contributed by atoms with van der Waals surface area (Å²) in [6.07, 6.45) is 6.05. The third-order valence-electron chi connectivity index (χ3n) is 5.74. The fourth-order valence-electron chi connectivity index (χ4n) is 4.35. The van der Waals surface area contributed by atoms with E-state index in [1.807, 2.05) is 24.0 Å². The molecule has 2 atom stereocenters. The first-order valence-electron chi connectivity index (χ1n) is 9.26. The zero-order valence-corrected chi connectivity index (χ0v) is 14.4. The Kier molecular flexibility index (Phi) is 4.10. The van der Waals surface area contributed by atoms with Crippen molar-refractivity contribution in [2.75, 3.05) is 13.1 Å². The van der Waals surface area contributed by atoms with Gasteiger partial charge < -0.3 is 14.2 Å². The highest BCUT2D eigenvalue weighted by atomic mass is 16.3. The van der Waals surface area contributed by atoms with Crippen LogP contribution < -0.4 is 0 Å². The molecule has 0 aromatic carbocycles. The molecule has 5 nitrogen and oxygen atoms in total. The summed E-state index contributed by atoms with van der Waals surface area (Å²) >= 11 is 0. The Balaban J connectivity index is 1.34. The van der Waals surface area contributed by atoms with Gasteiger partial charge in [0.05, 0.1) is 0 Å². The maximum atomic E-state index is 12.5. The maximum absolute atomic E-state index is 12.5. The van der Waals surface area contributed by atoms with E-state index < -0.39 is 0 Å². The van der Waals surface area contributed by atoms with E-state index in [9.17, 15) is 9.59 Å². The number of rotatable bonds is 4. The molecule has 3 fully saturated rings. The molecular formula is C19H26N2O3. The van der Waals surface area contributed by atoms with E-state index in [0.29, 0.717) is 43.2 Å². The van der Waals surface area contributed by atoms with Crippen LogP contribution in [0.25, 0.3) is 0 Å². The molecular weight excluding hydrogens is 304 g/mol. The number of fused-ring (bicyclic) bond motifs is 1. The van der Waals surface area contributed by atoms with Crippen molar-refractivity contribution in [1.29, 1.82) is 0 Å². The number of hydrogen-bond donors (Lipinski definition) is 0. The Morgan fingerprint density at radius 3 is 2.79 bits per heavy atom. The molecule has 4 rings (SSSR count). The Labute approximate surface area is 143 Å². The Hall–Kier alpha value is -1.78. The molecule has 130 valence electrons. The second-order valence-electron chi connectivity index (χ2n) is 7.54. The molecule has 2 amide bonds. The van der Waals surface area contributed by atoms with E-state index in [-0.39, 0.29) is 5.91 Å². The first kappa shape index (κ1) is 15.7. The predicted octanol–water partition coefficient (Wildman–Crippen LogP) is 2.52. The van der Waals surface area contributed by atoms with E-state index in [2.05, 4.69) is 4.90 Å². The maximum Gasteiger partial charge on any atom is 0.223 e. The van der Waals surface area contributed by atoms with Gasteiger partial charge in [0, 0.05) is 44.4 Å². The Bertz CT molecular complexity index is 634. The Morgan fingerprint density at radius 1 is 1.25 bits per heavy atom. The van der Waals surface area contributed by atoms with Gasteiger partial charge in [0.2, 0.25) is 11.8 Å². The van der Waals surface area contributed by atoms with E-state index >= 15 is 0 Å². The Morgan fingerprint density at radius 2 is 2.08 bits per heavy atom. The van der Waals surface area contributed by atoms with Crippen LogP contribution in [0.4, 0.5) is 0 Å². The van der Waals surface area contributed by atoms with Gasteiger partial charge in [-0.15, -0.1) is 0 Å². The molecule has 2 aliphatic heterocycles. The summed E-state index contributed by atoms with van der Waals surface area (Å²) in [5, 5.41) is 0. The van der Waals surface area contributed by atoms with Gasteiger partial charge in [-0.1, -0.05) is 0 Å². The van der Waals surface area contributed by atoms with Crippen LogP contribution in [0.15, 0.2) is 16.5 Å². The number of amides is 2. The highest BCUT2D eigenvalue weighted by molar-refractivity contribution is 5.79. The molecule has 3 heterocycles. The summed E-state index contributed by atoms with van der Waals surface area (Å²) in [6, 6.07) is 4.76. The summed E-state index contributed by atoms with van der Waals surface area (Å²) < 4.78 is 5.55. The van der Waals surface area contributed by atoms with Gasteiger partial charge >= 0.3 is 0 Å². The number of furan rings is 1. The van der Waals surface area contributed by atoms with Crippen molar-refractivity contribution in [3.63, 3.8) is 0 Å². The lowest BCUT2D eigenvalue weighted by Crippen LogP contribution is -2.57. The summed E-state index contributed by atoms with van der Waals surface area (Å²) in [6.45, 7) is 3.52. The SMILES string of the molecule is Cc1ccc(CCC(=O)N2CC[C@@H]3[C@@H](CCC(=O)N3C3CC3)C2)o1. The van der Waals surface area contributed by atoms with Crippen molar-refractivity contribution in [3.8, 4) is 0 Å². The standard InChI is InChI=1S/C19H26N2O3/c1-13-2-6-16(24-13)7-9-18(22)20-11-10-17-14(12-20)3-8-19(23)21(17)15-4-5-15/h2,6,14-15,17H,3-5,7-12H2,1H3/t14-,17+/m0/s1. The fraction of sp³-hybridized carbons (Fsp3) is 0.684. The third-order valence-corrected chi connectivity index (χ3v) is 5.74. The van der Waals surface area contributed by atoms with Gasteiger partial charge in [0.15, 0.2) is 0 Å². The largest absolute Gasteiger partial charge is 0.466 e. The van der Waals surface area contributed by atoms with Crippen LogP contribution in [-0.2, 0) is 16.0 Å². The molecule has 1 aromatic heterocycles. The van der Waals surface area contributed by atoms with Crippen LogP contribution in [0, 0.1) is 12.8 Å². The third kappa shape index (κ3) is 3.08. The number of carbonyl (C=O) groups excluding carboxylic acids is 2. The second kappa shape index (κ2) is 6.26. The van der Waals surface area contributed by atoms with Crippen LogP contribution in [-0.4, -0.2) is 46.8 Å². The van der Waals surface area contributed by atoms with E-state index in [1.54, 1.807) is 0 Å². The quantitative estimate of drug-likeness (QED) is 0.852. The second-order valence-corrected chi connectivity index (χ2v) is 7.54. The minimum Gasteiger partial charge on any atom is -0.466 e. The smallest absolute Gasteiger partial charge is 0.223 e. The number of hydrogen-bond acceptors (Lipinski definition) is 3. The number of aryl methyl sites for hydroxylation is 2. The van der Waals surface area contributed by atoms with Gasteiger partial charge in [-0.05, 0) is 50.7 Å². The van der Waals surface area contributed by atoms with E-state index in [0.717, 1.165) is 37.5 Å². The summed E-state index contributed by atoms with van der Waals surface area (Å²) in [5.74, 6) is 2.81. The molecule has 5 heteroatoms. The molecule has 1 aromatic rings. The summed E-state index contributed by atoms with van der Waals surface area (Å²) in [4.78, 5) is 29.0. The number of piperidine rings is 2. The van der Waals surface area contributed by atoms with E-state index in [1.165, 1.54) is 12.8 Å². The van der Waals surface area contributed by atoms with Gasteiger partial charge in [-0.3, -0.25) is 9.59 Å². The average Bonchev–Trinajstić information content (AvgIpc) is 3.33. The zero-order chi connectivity index (χ0) is 16.7. The number of carbonyl (C=O) groups is 2. The lowest BCUT2D eigenvalue weighted by molar-refractivity contribution is -0.145. The molecule has 3 aliphatic rings. The number of nitrogens with zero attached hydrogens (tertiary/aromatic N) is 2. The lowest BCUT2D eigenvalue weighted by Gasteiger charge is -2.47.